The molecule has 190 valence electrons. The Morgan fingerprint density at radius 2 is 1.21 bits per heavy atom. The summed E-state index contributed by atoms with van der Waals surface area (Å²) in [4.78, 5) is 46.8. The molecule has 12 heteroatoms. The van der Waals surface area contributed by atoms with Gasteiger partial charge in [0.05, 0.1) is 7.11 Å². The standard InChI is InChI=1S/C21H36N2O8S2/c1-20(2,3)30-18(27)22-14(16(24)25)12-32-10-8-9-11-33-13-15(17(26)29-7)23-19(28)31-21(4,5)6/h8-9,14-15H,10-13H2,1-7H3,(H,22,27)(H,23,28)(H,24,25)/b9-8-/t14-,15-/m0/s1. The maximum Gasteiger partial charge on any atom is 0.408 e. The Hall–Kier alpha value is -2.08. The van der Waals surface area contributed by atoms with Crippen molar-refractivity contribution in [3.05, 3.63) is 12.2 Å². The minimum absolute atomic E-state index is 0.177. The van der Waals surface area contributed by atoms with E-state index in [1.54, 1.807) is 41.5 Å². The van der Waals surface area contributed by atoms with Gasteiger partial charge >= 0.3 is 24.1 Å². The monoisotopic (exact) mass is 508 g/mol. The topological polar surface area (TPSA) is 140 Å². The second-order valence-electron chi connectivity index (χ2n) is 8.81. The molecular formula is C21H36N2O8S2. The van der Waals surface area contributed by atoms with E-state index in [2.05, 4.69) is 10.6 Å². The van der Waals surface area contributed by atoms with E-state index >= 15 is 0 Å². The summed E-state index contributed by atoms with van der Waals surface area (Å²) in [6.07, 6.45) is 2.26. The summed E-state index contributed by atoms with van der Waals surface area (Å²) in [6, 6.07) is -1.90. The molecule has 0 unspecified atom stereocenters. The van der Waals surface area contributed by atoms with Crippen LogP contribution in [0.4, 0.5) is 9.59 Å². The summed E-state index contributed by atoms with van der Waals surface area (Å²) in [5, 5.41) is 14.1. The molecule has 0 aliphatic carbocycles. The van der Waals surface area contributed by atoms with Gasteiger partial charge in [-0.1, -0.05) is 12.2 Å². The zero-order valence-corrected chi connectivity index (χ0v) is 21.9. The first-order chi connectivity index (χ1) is 15.1. The van der Waals surface area contributed by atoms with Gasteiger partial charge in [0.15, 0.2) is 0 Å². The van der Waals surface area contributed by atoms with E-state index in [0.717, 1.165) is 0 Å². The number of alkyl carbamates (subject to hydrolysis) is 2. The van der Waals surface area contributed by atoms with Gasteiger partial charge in [0.25, 0.3) is 0 Å². The third kappa shape index (κ3) is 17.1. The van der Waals surface area contributed by atoms with E-state index in [1.807, 2.05) is 12.2 Å². The van der Waals surface area contributed by atoms with Crippen molar-refractivity contribution >= 4 is 47.6 Å². The lowest BCUT2D eigenvalue weighted by molar-refractivity contribution is -0.142. The molecule has 0 aliphatic heterocycles. The van der Waals surface area contributed by atoms with Gasteiger partial charge in [0, 0.05) is 23.0 Å². The Labute approximate surface area is 203 Å². The molecule has 2 amide bonds. The first-order valence-corrected chi connectivity index (χ1v) is 12.6. The molecule has 0 aromatic heterocycles. The summed E-state index contributed by atoms with van der Waals surface area (Å²) < 4.78 is 15.0. The summed E-state index contributed by atoms with van der Waals surface area (Å²) in [5.41, 5.74) is -1.39. The largest absolute Gasteiger partial charge is 0.480 e. The average molecular weight is 509 g/mol. The second-order valence-corrected chi connectivity index (χ2v) is 11.0. The summed E-state index contributed by atoms with van der Waals surface area (Å²) >= 11 is 2.75. The number of rotatable bonds is 12. The molecule has 0 bridgehead atoms. The van der Waals surface area contributed by atoms with Gasteiger partial charge in [0.2, 0.25) is 0 Å². The first kappa shape index (κ1) is 30.9. The van der Waals surface area contributed by atoms with E-state index in [-0.39, 0.29) is 5.75 Å². The van der Waals surface area contributed by atoms with Crippen LogP contribution < -0.4 is 10.6 Å². The third-order valence-corrected chi connectivity index (χ3v) is 5.32. The summed E-state index contributed by atoms with van der Waals surface area (Å²) in [7, 11) is 1.25. The molecule has 0 radical (unpaired) electrons. The third-order valence-electron chi connectivity index (χ3n) is 3.33. The maximum atomic E-state index is 11.9. The Balaban J connectivity index is 4.35. The summed E-state index contributed by atoms with van der Waals surface area (Å²) in [6.45, 7) is 10.3. The van der Waals surface area contributed by atoms with Crippen LogP contribution in [0.1, 0.15) is 41.5 Å². The van der Waals surface area contributed by atoms with Crippen molar-refractivity contribution in [2.75, 3.05) is 30.1 Å². The molecular weight excluding hydrogens is 472 g/mol. The van der Waals surface area contributed by atoms with Crippen LogP contribution in [0.2, 0.25) is 0 Å². The van der Waals surface area contributed by atoms with Crippen molar-refractivity contribution in [3.8, 4) is 0 Å². The number of methoxy groups -OCH3 is 1. The lowest BCUT2D eigenvalue weighted by Gasteiger charge is -2.22. The lowest BCUT2D eigenvalue weighted by Crippen LogP contribution is -2.45. The molecule has 2 atom stereocenters. The Kier molecular flexibility index (Phi) is 14.0. The van der Waals surface area contributed by atoms with Crippen LogP contribution in [0.5, 0.6) is 0 Å². The van der Waals surface area contributed by atoms with Gasteiger partial charge in [-0.25, -0.2) is 19.2 Å². The second kappa shape index (κ2) is 14.9. The molecule has 0 aromatic rings. The molecule has 10 nitrogen and oxygen atoms in total. The van der Waals surface area contributed by atoms with E-state index < -0.39 is 47.4 Å². The Morgan fingerprint density at radius 3 is 1.58 bits per heavy atom. The number of carbonyl (C=O) groups excluding carboxylic acids is 3. The van der Waals surface area contributed by atoms with Gasteiger partial charge in [0.1, 0.15) is 23.3 Å². The Morgan fingerprint density at radius 1 is 0.818 bits per heavy atom. The summed E-state index contributed by atoms with van der Waals surface area (Å²) in [5.74, 6) is -0.121. The molecule has 0 aliphatic rings. The van der Waals surface area contributed by atoms with Crippen LogP contribution in [-0.4, -0.2) is 82.6 Å². The predicted molar refractivity (Wildman–Crippen MR) is 130 cm³/mol. The molecule has 0 aromatic carbocycles. The molecule has 33 heavy (non-hydrogen) atoms. The van der Waals surface area contributed by atoms with Gasteiger partial charge in [-0.05, 0) is 41.5 Å². The normalized spacial score (nSPS) is 13.7. The SMILES string of the molecule is COC(=O)[C@H](CSC/C=C\CSC[C@H](NC(=O)OC(C)(C)C)C(=O)O)NC(=O)OC(C)(C)C. The number of nitrogens with one attached hydrogen (secondary N) is 2. The number of carbonyl (C=O) groups is 4. The van der Waals surface area contributed by atoms with Crippen molar-refractivity contribution in [2.24, 2.45) is 0 Å². The predicted octanol–water partition coefficient (Wildman–Crippen LogP) is 3.05. The quantitative estimate of drug-likeness (QED) is 0.156. The van der Waals surface area contributed by atoms with Gasteiger partial charge < -0.3 is 30.0 Å². The number of hydrogen-bond acceptors (Lipinski definition) is 9. The van der Waals surface area contributed by atoms with Crippen molar-refractivity contribution in [3.63, 3.8) is 0 Å². The number of hydrogen-bond donors (Lipinski definition) is 3. The highest BCUT2D eigenvalue weighted by Crippen LogP contribution is 2.11. The van der Waals surface area contributed by atoms with Crippen molar-refractivity contribution < 1.29 is 38.5 Å². The van der Waals surface area contributed by atoms with Crippen LogP contribution in [0.15, 0.2) is 12.2 Å². The number of carboxylic acids is 1. The van der Waals surface area contributed by atoms with E-state index in [1.165, 1.54) is 30.6 Å². The molecule has 0 heterocycles. The fourth-order valence-electron chi connectivity index (χ4n) is 2.03. The first-order valence-electron chi connectivity index (χ1n) is 10.2. The number of thioether (sulfide) groups is 2. The lowest BCUT2D eigenvalue weighted by atomic mass is 10.2. The van der Waals surface area contributed by atoms with Gasteiger partial charge in [-0.15, -0.1) is 0 Å². The minimum atomic E-state index is -1.14. The number of aliphatic carboxylic acids is 1. The zero-order valence-electron chi connectivity index (χ0n) is 20.3. The molecule has 0 rings (SSSR count). The highest BCUT2D eigenvalue weighted by Gasteiger charge is 2.25. The van der Waals surface area contributed by atoms with Crippen LogP contribution in [-0.2, 0) is 23.8 Å². The molecule has 3 N–H and O–H groups in total. The van der Waals surface area contributed by atoms with Crippen molar-refractivity contribution in [1.82, 2.24) is 10.6 Å². The molecule has 0 saturated heterocycles. The van der Waals surface area contributed by atoms with Crippen LogP contribution in [0, 0.1) is 0 Å². The van der Waals surface area contributed by atoms with Crippen LogP contribution >= 0.6 is 23.5 Å². The average Bonchev–Trinajstić information content (AvgIpc) is 2.64. The molecule has 0 spiro atoms. The highest BCUT2D eigenvalue weighted by molar-refractivity contribution is 7.99. The number of carboxylic acid groups (broad SMARTS) is 1. The van der Waals surface area contributed by atoms with Crippen LogP contribution in [0.25, 0.3) is 0 Å². The number of esters is 1. The van der Waals surface area contributed by atoms with E-state index in [0.29, 0.717) is 17.3 Å². The smallest absolute Gasteiger partial charge is 0.408 e. The number of amides is 2. The van der Waals surface area contributed by atoms with Gasteiger partial charge in [-0.3, -0.25) is 0 Å². The number of ether oxygens (including phenoxy) is 3. The van der Waals surface area contributed by atoms with Crippen LogP contribution in [0.3, 0.4) is 0 Å². The van der Waals surface area contributed by atoms with Gasteiger partial charge in [-0.2, -0.15) is 23.5 Å². The fraction of sp³-hybridized carbons (Fsp3) is 0.714. The fourth-order valence-corrected chi connectivity index (χ4v) is 3.76. The zero-order chi connectivity index (χ0) is 25.7. The van der Waals surface area contributed by atoms with E-state index in [9.17, 15) is 24.3 Å². The molecule has 0 saturated carbocycles. The molecule has 0 fully saturated rings. The van der Waals surface area contributed by atoms with E-state index in [4.69, 9.17) is 14.2 Å². The highest BCUT2D eigenvalue weighted by atomic mass is 32.2. The maximum absolute atomic E-state index is 11.9. The minimum Gasteiger partial charge on any atom is -0.480 e. The van der Waals surface area contributed by atoms with Crippen molar-refractivity contribution in [2.45, 2.75) is 64.8 Å². The van der Waals surface area contributed by atoms with Crippen molar-refractivity contribution in [1.29, 1.82) is 0 Å². The Bertz CT molecular complexity index is 687.